The molecule has 1 aliphatic heterocycles. The Morgan fingerprint density at radius 1 is 0.783 bits per heavy atom. The highest BCUT2D eigenvalue weighted by molar-refractivity contribution is 6.25. The van der Waals surface area contributed by atoms with E-state index in [0.29, 0.717) is 22.1 Å². The summed E-state index contributed by atoms with van der Waals surface area (Å²) >= 11 is 0. The monoisotopic (exact) mass is 305 g/mol. The normalized spacial score (nSPS) is 13.7. The maximum absolute atomic E-state index is 13.0. The molecule has 0 aromatic heterocycles. The Morgan fingerprint density at radius 2 is 1.35 bits per heavy atom. The Morgan fingerprint density at radius 3 is 1.91 bits per heavy atom. The first kappa shape index (κ1) is 13.6. The smallest absolute Gasteiger partial charge is 0.261 e. The van der Waals surface area contributed by atoms with Gasteiger partial charge in [0.2, 0.25) is 0 Å². The lowest BCUT2D eigenvalue weighted by Crippen LogP contribution is -2.39. The quantitative estimate of drug-likeness (QED) is 0.676. The van der Waals surface area contributed by atoms with Gasteiger partial charge >= 0.3 is 0 Å². The van der Waals surface area contributed by atoms with Crippen LogP contribution in [0.1, 0.15) is 26.3 Å². The van der Waals surface area contributed by atoms with E-state index in [1.54, 1.807) is 24.3 Å². The number of hydrogen-bond donors (Lipinski definition) is 0. The second-order valence-electron chi connectivity index (χ2n) is 5.53. The Bertz CT molecular complexity index is 896. The van der Waals surface area contributed by atoms with E-state index in [2.05, 4.69) is 0 Å². The van der Waals surface area contributed by atoms with Gasteiger partial charge in [-0.3, -0.25) is 14.5 Å². The molecule has 4 heteroatoms. The summed E-state index contributed by atoms with van der Waals surface area (Å²) in [6.45, 7) is 0.128. The van der Waals surface area contributed by atoms with Crippen LogP contribution in [0.5, 0.6) is 0 Å². The molecule has 1 heterocycles. The summed E-state index contributed by atoms with van der Waals surface area (Å²) in [6, 6.07) is 16.7. The molecule has 0 atom stereocenters. The predicted molar refractivity (Wildman–Crippen MR) is 84.6 cm³/mol. The molecule has 0 fully saturated rings. The molecule has 23 heavy (non-hydrogen) atoms. The Hall–Kier alpha value is -3.01. The molecule has 0 spiro atoms. The molecule has 3 aromatic rings. The number of benzene rings is 3. The number of amides is 2. The maximum atomic E-state index is 13.0. The van der Waals surface area contributed by atoms with Crippen LogP contribution >= 0.6 is 0 Å². The molecule has 1 aliphatic rings. The van der Waals surface area contributed by atoms with Gasteiger partial charge < -0.3 is 0 Å². The lowest BCUT2D eigenvalue weighted by molar-refractivity contribution is 0.0598. The molecule has 3 nitrogen and oxygen atoms in total. The van der Waals surface area contributed by atoms with E-state index in [0.717, 1.165) is 5.39 Å². The van der Waals surface area contributed by atoms with Gasteiger partial charge in [-0.2, -0.15) is 0 Å². The summed E-state index contributed by atoms with van der Waals surface area (Å²) in [5, 5.41) is 1.59. The van der Waals surface area contributed by atoms with E-state index in [9.17, 15) is 14.0 Å². The minimum absolute atomic E-state index is 0.128. The fraction of sp³-hybridized carbons (Fsp3) is 0.0526. The summed E-state index contributed by atoms with van der Waals surface area (Å²) in [4.78, 5) is 26.6. The molecule has 0 radical (unpaired) electrons. The topological polar surface area (TPSA) is 37.4 Å². The molecule has 0 N–H and O–H groups in total. The van der Waals surface area contributed by atoms with Crippen molar-refractivity contribution in [3.05, 3.63) is 83.2 Å². The number of rotatable bonds is 2. The predicted octanol–water partition coefficient (Wildman–Crippen LogP) is 3.78. The summed E-state index contributed by atoms with van der Waals surface area (Å²) in [5.74, 6) is -0.979. The zero-order valence-corrected chi connectivity index (χ0v) is 12.1. The number of nitrogens with zero attached hydrogens (tertiary/aromatic N) is 1. The summed E-state index contributed by atoms with van der Waals surface area (Å²) in [7, 11) is 0. The molecule has 0 unspecified atom stereocenters. The van der Waals surface area contributed by atoms with Crippen LogP contribution in [0.4, 0.5) is 4.39 Å². The molecule has 4 rings (SSSR count). The van der Waals surface area contributed by atoms with Gasteiger partial charge in [0, 0.05) is 16.5 Å². The second-order valence-corrected chi connectivity index (χ2v) is 5.53. The molecule has 2 amide bonds. The average molecular weight is 305 g/mol. The lowest BCUT2D eigenvalue weighted by atomic mass is 9.94. The number of imide groups is 1. The SMILES string of the molecule is O=C1c2cccc3cccc(c23)C(=O)N1Cc1ccc(F)cc1. The van der Waals surface area contributed by atoms with Gasteiger partial charge in [-0.15, -0.1) is 0 Å². The zero-order chi connectivity index (χ0) is 16.0. The van der Waals surface area contributed by atoms with Gasteiger partial charge in [0.05, 0.1) is 6.54 Å². The fourth-order valence-corrected chi connectivity index (χ4v) is 3.00. The third kappa shape index (κ3) is 2.11. The van der Waals surface area contributed by atoms with Gasteiger partial charge in [0.25, 0.3) is 11.8 Å². The Labute approximate surface area is 132 Å². The molecular formula is C19H12FNO2. The van der Waals surface area contributed by atoms with E-state index in [4.69, 9.17) is 0 Å². The molecule has 0 aliphatic carbocycles. The van der Waals surface area contributed by atoms with Gasteiger partial charge in [-0.05, 0) is 35.2 Å². The number of carbonyl (C=O) groups is 2. The van der Waals surface area contributed by atoms with Gasteiger partial charge in [0.15, 0.2) is 0 Å². The van der Waals surface area contributed by atoms with Crippen LogP contribution in [0.2, 0.25) is 0 Å². The zero-order valence-electron chi connectivity index (χ0n) is 12.1. The third-order valence-corrected chi connectivity index (χ3v) is 4.11. The summed E-state index contributed by atoms with van der Waals surface area (Å²) < 4.78 is 13.0. The van der Waals surface area contributed by atoms with Crippen molar-refractivity contribution in [2.45, 2.75) is 6.54 Å². The number of carbonyl (C=O) groups excluding carboxylic acids is 2. The molecular weight excluding hydrogens is 293 g/mol. The summed E-state index contributed by atoms with van der Waals surface area (Å²) in [5.41, 5.74) is 1.76. The van der Waals surface area contributed by atoms with Crippen LogP contribution in [0, 0.1) is 5.82 Å². The van der Waals surface area contributed by atoms with E-state index < -0.39 is 0 Å². The van der Waals surface area contributed by atoms with Crippen LogP contribution in [0.3, 0.4) is 0 Å². The van der Waals surface area contributed by atoms with Crippen molar-refractivity contribution < 1.29 is 14.0 Å². The molecule has 0 saturated heterocycles. The first-order valence-corrected chi connectivity index (χ1v) is 7.27. The highest BCUT2D eigenvalue weighted by Gasteiger charge is 2.32. The van der Waals surface area contributed by atoms with Crippen molar-refractivity contribution in [2.24, 2.45) is 0 Å². The lowest BCUT2D eigenvalue weighted by Gasteiger charge is -2.27. The van der Waals surface area contributed by atoms with Crippen LogP contribution in [0.25, 0.3) is 10.8 Å². The van der Waals surface area contributed by atoms with Crippen molar-refractivity contribution in [3.8, 4) is 0 Å². The largest absolute Gasteiger partial charge is 0.270 e. The Kier molecular flexibility index (Phi) is 2.98. The van der Waals surface area contributed by atoms with E-state index in [1.165, 1.54) is 17.0 Å². The minimum atomic E-state index is -0.347. The first-order chi connectivity index (χ1) is 11.1. The maximum Gasteiger partial charge on any atom is 0.261 e. The fourth-order valence-electron chi connectivity index (χ4n) is 3.00. The van der Waals surface area contributed by atoms with E-state index >= 15 is 0 Å². The van der Waals surface area contributed by atoms with Crippen molar-refractivity contribution in [2.75, 3.05) is 0 Å². The molecule has 112 valence electrons. The second kappa shape index (κ2) is 5.02. The van der Waals surface area contributed by atoms with Crippen molar-refractivity contribution in [1.29, 1.82) is 0 Å². The first-order valence-electron chi connectivity index (χ1n) is 7.27. The molecule has 0 saturated carbocycles. The minimum Gasteiger partial charge on any atom is -0.270 e. The van der Waals surface area contributed by atoms with Crippen molar-refractivity contribution in [3.63, 3.8) is 0 Å². The van der Waals surface area contributed by atoms with Crippen LogP contribution in [-0.2, 0) is 6.54 Å². The average Bonchev–Trinajstić information content (AvgIpc) is 2.58. The van der Waals surface area contributed by atoms with E-state index in [-0.39, 0.29) is 24.2 Å². The van der Waals surface area contributed by atoms with E-state index in [1.807, 2.05) is 24.3 Å². The van der Waals surface area contributed by atoms with Crippen molar-refractivity contribution >= 4 is 22.6 Å². The van der Waals surface area contributed by atoms with Crippen LogP contribution < -0.4 is 0 Å². The van der Waals surface area contributed by atoms with Gasteiger partial charge in [0.1, 0.15) is 5.82 Å². The Balaban J connectivity index is 1.81. The molecule has 3 aromatic carbocycles. The highest BCUT2D eigenvalue weighted by atomic mass is 19.1. The molecule has 0 bridgehead atoms. The van der Waals surface area contributed by atoms with Crippen LogP contribution in [0.15, 0.2) is 60.7 Å². The highest BCUT2D eigenvalue weighted by Crippen LogP contribution is 2.30. The summed E-state index contributed by atoms with van der Waals surface area (Å²) in [6.07, 6.45) is 0. The number of halogens is 1. The standard InChI is InChI=1S/C19H12FNO2/c20-14-9-7-12(8-10-14)11-21-18(22)15-5-1-3-13-4-2-6-16(17(13)15)19(21)23/h1-10H,11H2. The third-order valence-electron chi connectivity index (χ3n) is 4.11. The van der Waals surface area contributed by atoms with Gasteiger partial charge in [-0.25, -0.2) is 4.39 Å². The van der Waals surface area contributed by atoms with Crippen molar-refractivity contribution in [1.82, 2.24) is 4.90 Å². The van der Waals surface area contributed by atoms with Crippen LogP contribution in [-0.4, -0.2) is 16.7 Å². The van der Waals surface area contributed by atoms with Gasteiger partial charge in [-0.1, -0.05) is 36.4 Å². The number of hydrogen-bond acceptors (Lipinski definition) is 2.